The van der Waals surface area contributed by atoms with E-state index in [0.717, 1.165) is 43.8 Å². The van der Waals surface area contributed by atoms with Crippen LogP contribution in [0.3, 0.4) is 0 Å². The van der Waals surface area contributed by atoms with Crippen molar-refractivity contribution in [3.05, 3.63) is 113 Å². The molecule has 4 aromatic carbocycles. The fraction of sp³-hybridized carbons (Fsp3) is 0.0345. The monoisotopic (exact) mass is 489 g/mol. The van der Waals surface area contributed by atoms with Gasteiger partial charge in [0, 0.05) is 27.5 Å². The van der Waals surface area contributed by atoms with Crippen molar-refractivity contribution < 1.29 is 0 Å². The number of benzene rings is 4. The minimum atomic E-state index is 0.847. The van der Waals surface area contributed by atoms with Crippen LogP contribution in [0.5, 0.6) is 0 Å². The van der Waals surface area contributed by atoms with E-state index in [1.165, 1.54) is 16.3 Å². The van der Waals surface area contributed by atoms with Crippen molar-refractivity contribution in [2.24, 2.45) is 0 Å². The molecule has 6 rings (SSSR count). The van der Waals surface area contributed by atoms with Gasteiger partial charge in [0.1, 0.15) is 11.3 Å². The lowest BCUT2D eigenvalue weighted by atomic mass is 10.0. The first-order valence-electron chi connectivity index (χ1n) is 10.9. The van der Waals surface area contributed by atoms with Gasteiger partial charge in [0.15, 0.2) is 5.65 Å². The Morgan fingerprint density at radius 1 is 0.727 bits per heavy atom. The van der Waals surface area contributed by atoms with Crippen LogP contribution < -0.4 is 0 Å². The van der Waals surface area contributed by atoms with Crippen molar-refractivity contribution in [2.75, 3.05) is 0 Å². The molecular formula is C29H20BrN3. The van der Waals surface area contributed by atoms with E-state index in [9.17, 15) is 0 Å². The molecule has 0 unspecified atom stereocenters. The normalized spacial score (nSPS) is 11.3. The van der Waals surface area contributed by atoms with Crippen LogP contribution in [0.25, 0.3) is 50.1 Å². The summed E-state index contributed by atoms with van der Waals surface area (Å²) in [5, 5.41) is 2.44. The van der Waals surface area contributed by atoms with Crippen LogP contribution in [0.2, 0.25) is 0 Å². The van der Waals surface area contributed by atoms with Crippen LogP contribution in [0.4, 0.5) is 0 Å². The quantitative estimate of drug-likeness (QED) is 0.252. The lowest BCUT2D eigenvalue weighted by Crippen LogP contribution is -1.98. The molecule has 0 amide bonds. The molecule has 0 fully saturated rings. The van der Waals surface area contributed by atoms with Crippen molar-refractivity contribution in [1.82, 2.24) is 14.5 Å². The van der Waals surface area contributed by atoms with Gasteiger partial charge in [-0.25, -0.2) is 9.97 Å². The molecule has 4 heteroatoms. The van der Waals surface area contributed by atoms with E-state index in [0.29, 0.717) is 0 Å². The molecule has 0 aliphatic carbocycles. The molecule has 0 radical (unpaired) electrons. The van der Waals surface area contributed by atoms with Gasteiger partial charge in [-0.3, -0.25) is 4.57 Å². The van der Waals surface area contributed by atoms with Crippen LogP contribution in [-0.4, -0.2) is 14.5 Å². The average molecular weight is 490 g/mol. The molecule has 0 spiro atoms. The standard InChI is InChI=1S/C29H20BrN3/c1-19-15-23(18-24(30)16-19)28-32-27-26(22-12-11-20-7-5-6-8-21(20)17-22)13-14-31-29(27)33(28)25-9-3-2-4-10-25/h2-18H,1H3. The van der Waals surface area contributed by atoms with Crippen LogP contribution in [-0.2, 0) is 0 Å². The van der Waals surface area contributed by atoms with Crippen LogP contribution in [0.15, 0.2) is 108 Å². The molecule has 0 saturated carbocycles. The number of pyridine rings is 1. The number of hydrogen-bond acceptors (Lipinski definition) is 2. The van der Waals surface area contributed by atoms with Crippen molar-refractivity contribution in [3.8, 4) is 28.2 Å². The van der Waals surface area contributed by atoms with E-state index in [-0.39, 0.29) is 0 Å². The third kappa shape index (κ3) is 3.53. The molecule has 3 nitrogen and oxygen atoms in total. The number of fused-ring (bicyclic) bond motifs is 2. The molecule has 0 N–H and O–H groups in total. The number of imidazole rings is 1. The number of rotatable bonds is 3. The Kier molecular flexibility index (Phi) is 4.81. The zero-order chi connectivity index (χ0) is 22.4. The SMILES string of the molecule is Cc1cc(Br)cc(-c2nc3c(-c4ccc5ccccc5c4)ccnc3n2-c2ccccc2)c1. The summed E-state index contributed by atoms with van der Waals surface area (Å²) in [5.74, 6) is 0.876. The van der Waals surface area contributed by atoms with Crippen LogP contribution in [0, 0.1) is 6.92 Å². The molecule has 2 heterocycles. The van der Waals surface area contributed by atoms with E-state index >= 15 is 0 Å². The summed E-state index contributed by atoms with van der Waals surface area (Å²) in [5.41, 5.74) is 7.21. The largest absolute Gasteiger partial charge is 0.277 e. The molecular weight excluding hydrogens is 470 g/mol. The third-order valence-electron chi connectivity index (χ3n) is 5.92. The summed E-state index contributed by atoms with van der Waals surface area (Å²) in [6, 6.07) is 33.8. The number of para-hydroxylation sites is 1. The molecule has 0 aliphatic rings. The first kappa shape index (κ1) is 19.9. The second kappa shape index (κ2) is 7.98. The maximum atomic E-state index is 5.18. The van der Waals surface area contributed by atoms with Gasteiger partial charge in [0.2, 0.25) is 0 Å². The Bertz CT molecular complexity index is 1610. The maximum Gasteiger partial charge on any atom is 0.165 e. The van der Waals surface area contributed by atoms with E-state index < -0.39 is 0 Å². The van der Waals surface area contributed by atoms with Gasteiger partial charge >= 0.3 is 0 Å². The molecule has 2 aromatic heterocycles. The summed E-state index contributed by atoms with van der Waals surface area (Å²) in [6.07, 6.45) is 1.88. The van der Waals surface area contributed by atoms with Gasteiger partial charge in [-0.15, -0.1) is 0 Å². The smallest absolute Gasteiger partial charge is 0.165 e. The Morgan fingerprint density at radius 3 is 2.33 bits per heavy atom. The first-order valence-corrected chi connectivity index (χ1v) is 11.7. The molecule has 0 bridgehead atoms. The summed E-state index contributed by atoms with van der Waals surface area (Å²) < 4.78 is 3.19. The molecule has 0 aliphatic heterocycles. The Balaban J connectivity index is 1.66. The second-order valence-electron chi connectivity index (χ2n) is 8.22. The Morgan fingerprint density at radius 2 is 1.52 bits per heavy atom. The van der Waals surface area contributed by atoms with E-state index in [4.69, 9.17) is 9.97 Å². The predicted octanol–water partition coefficient (Wildman–Crippen LogP) is 7.98. The summed E-state index contributed by atoms with van der Waals surface area (Å²) in [7, 11) is 0. The van der Waals surface area contributed by atoms with Gasteiger partial charge in [-0.2, -0.15) is 0 Å². The highest BCUT2D eigenvalue weighted by atomic mass is 79.9. The maximum absolute atomic E-state index is 5.18. The lowest BCUT2D eigenvalue weighted by molar-refractivity contribution is 1.08. The third-order valence-corrected chi connectivity index (χ3v) is 6.38. The van der Waals surface area contributed by atoms with E-state index in [1.807, 2.05) is 24.4 Å². The zero-order valence-corrected chi connectivity index (χ0v) is 19.6. The van der Waals surface area contributed by atoms with E-state index in [1.54, 1.807) is 0 Å². The van der Waals surface area contributed by atoms with Crippen molar-refractivity contribution in [1.29, 1.82) is 0 Å². The summed E-state index contributed by atoms with van der Waals surface area (Å²) in [6.45, 7) is 2.10. The highest BCUT2D eigenvalue weighted by Crippen LogP contribution is 2.35. The fourth-order valence-corrected chi connectivity index (χ4v) is 5.05. The number of hydrogen-bond donors (Lipinski definition) is 0. The minimum absolute atomic E-state index is 0.847. The van der Waals surface area contributed by atoms with E-state index in [2.05, 4.69) is 106 Å². The molecule has 6 aromatic rings. The van der Waals surface area contributed by atoms with Gasteiger partial charge < -0.3 is 0 Å². The summed E-state index contributed by atoms with van der Waals surface area (Å²) in [4.78, 5) is 9.96. The van der Waals surface area contributed by atoms with Crippen molar-refractivity contribution in [2.45, 2.75) is 6.92 Å². The lowest BCUT2D eigenvalue weighted by Gasteiger charge is -2.10. The van der Waals surface area contributed by atoms with Crippen molar-refractivity contribution >= 4 is 37.9 Å². The Labute approximate surface area is 200 Å². The number of nitrogens with zero attached hydrogens (tertiary/aromatic N) is 3. The van der Waals surface area contributed by atoms with Crippen molar-refractivity contribution in [3.63, 3.8) is 0 Å². The minimum Gasteiger partial charge on any atom is -0.277 e. The van der Waals surface area contributed by atoms with Crippen LogP contribution in [0.1, 0.15) is 5.56 Å². The zero-order valence-electron chi connectivity index (χ0n) is 18.0. The fourth-order valence-electron chi connectivity index (χ4n) is 4.44. The highest BCUT2D eigenvalue weighted by Gasteiger charge is 2.19. The second-order valence-corrected chi connectivity index (χ2v) is 9.13. The highest BCUT2D eigenvalue weighted by molar-refractivity contribution is 9.10. The van der Waals surface area contributed by atoms with Gasteiger partial charge in [-0.1, -0.05) is 70.5 Å². The summed E-state index contributed by atoms with van der Waals surface area (Å²) >= 11 is 3.66. The van der Waals surface area contributed by atoms with Gasteiger partial charge in [0.05, 0.1) is 0 Å². The molecule has 158 valence electrons. The van der Waals surface area contributed by atoms with Gasteiger partial charge in [0.25, 0.3) is 0 Å². The molecule has 0 atom stereocenters. The molecule has 0 saturated heterocycles. The number of aromatic nitrogens is 3. The van der Waals surface area contributed by atoms with Crippen LogP contribution >= 0.6 is 15.9 Å². The number of halogens is 1. The Hall–Kier alpha value is -3.76. The van der Waals surface area contributed by atoms with Gasteiger partial charge in [-0.05, 0) is 71.3 Å². The average Bonchev–Trinajstić information content (AvgIpc) is 3.23. The first-order chi connectivity index (χ1) is 16.2. The predicted molar refractivity (Wildman–Crippen MR) is 140 cm³/mol. The molecule has 33 heavy (non-hydrogen) atoms. The topological polar surface area (TPSA) is 30.7 Å². The number of aryl methyl sites for hydroxylation is 1.